The van der Waals surface area contributed by atoms with E-state index in [9.17, 15) is 18.0 Å². The fourth-order valence-electron chi connectivity index (χ4n) is 5.54. The lowest BCUT2D eigenvalue weighted by atomic mass is 9.89. The maximum atomic E-state index is 14.1. The van der Waals surface area contributed by atoms with Crippen molar-refractivity contribution >= 4 is 17.8 Å². The third-order valence-corrected chi connectivity index (χ3v) is 7.85. The van der Waals surface area contributed by atoms with E-state index in [1.54, 1.807) is 14.1 Å². The van der Waals surface area contributed by atoms with Crippen LogP contribution in [0.5, 0.6) is 0 Å². The summed E-state index contributed by atoms with van der Waals surface area (Å²) in [4.78, 5) is 18.1. The average molecular weight is 642 g/mol. The Morgan fingerprint density at radius 3 is 2.33 bits per heavy atom. The molecule has 5 rings (SSSR count). The largest absolute Gasteiger partial charge is 0.372 e. The molecule has 0 spiro atoms. The summed E-state index contributed by atoms with van der Waals surface area (Å²) in [5.41, 5.74) is 1.43. The van der Waals surface area contributed by atoms with Gasteiger partial charge in [-0.25, -0.2) is 18.2 Å². The fourth-order valence-corrected chi connectivity index (χ4v) is 5.54. The smallest absolute Gasteiger partial charge is 0.254 e. The molecular weight excluding hydrogens is 605 g/mol. The number of nitrogens with two attached hydrogens (primary N) is 1. The maximum Gasteiger partial charge on any atom is 0.254 e. The Bertz CT molecular complexity index is 1520. The molecule has 0 aromatic heterocycles. The summed E-state index contributed by atoms with van der Waals surface area (Å²) in [6.07, 6.45) is -3.79. The number of nitrogens with zero attached hydrogens (tertiary/aromatic N) is 2. The SMILES string of the molecule is COC1C([NH+]=CC(=NN)c2cc(F)c(F)c(F)c2)C2OC(c3ccccc3)OCC2OC1[C@H](OCc1ccccc1)C(=O)N(C)C. The van der Waals surface area contributed by atoms with Crippen molar-refractivity contribution in [2.75, 3.05) is 27.8 Å². The summed E-state index contributed by atoms with van der Waals surface area (Å²) in [5.74, 6) is 0.833. The van der Waals surface area contributed by atoms with Gasteiger partial charge >= 0.3 is 0 Å². The van der Waals surface area contributed by atoms with Gasteiger partial charge in [-0.2, -0.15) is 5.10 Å². The van der Waals surface area contributed by atoms with Crippen LogP contribution < -0.4 is 10.8 Å². The van der Waals surface area contributed by atoms with E-state index in [1.165, 1.54) is 18.2 Å². The lowest BCUT2D eigenvalue weighted by molar-refractivity contribution is -0.552. The number of carbonyl (C=O) groups is 1. The lowest BCUT2D eigenvalue weighted by Gasteiger charge is -2.47. The number of halogens is 3. The van der Waals surface area contributed by atoms with Crippen LogP contribution in [0.2, 0.25) is 0 Å². The van der Waals surface area contributed by atoms with E-state index in [4.69, 9.17) is 29.5 Å². The molecule has 0 saturated carbocycles. The predicted molar refractivity (Wildman–Crippen MR) is 161 cm³/mol. The first kappa shape index (κ1) is 33.2. The van der Waals surface area contributed by atoms with Crippen LogP contribution in [0.15, 0.2) is 77.9 Å². The second-order valence-corrected chi connectivity index (χ2v) is 11.1. The monoisotopic (exact) mass is 641 g/mol. The number of amides is 1. The zero-order chi connectivity index (χ0) is 32.8. The standard InChI is InChI=1S/C33H35F3N4O6/c1-40(2)32(41)31(43-17-19-10-6-4-7-11-19)30-29(42-3)27(38-16-24(39-37)21-14-22(34)26(36)23(35)15-21)28-25(45-30)18-44-33(46-28)20-12-8-5-9-13-20/h4-16,25,27-31,33H,17-18,37H2,1-3H3/p+1/t25?,27?,28?,29?,30?,31-,33?/m0/s1. The molecule has 7 atom stereocenters. The van der Waals surface area contributed by atoms with Gasteiger partial charge in [0, 0.05) is 32.3 Å². The van der Waals surface area contributed by atoms with Crippen molar-refractivity contribution in [3.63, 3.8) is 0 Å². The van der Waals surface area contributed by atoms with Crippen LogP contribution in [0, 0.1) is 17.5 Å². The number of likely N-dealkylation sites (N-methyl/N-ethyl adjacent to an activating group) is 1. The minimum absolute atomic E-state index is 0.0832. The number of fused-ring (bicyclic) bond motifs is 1. The number of carbonyl (C=O) groups excluding carboxylic acids is 1. The quantitative estimate of drug-likeness (QED) is 0.150. The highest BCUT2D eigenvalue weighted by Crippen LogP contribution is 2.35. The number of hydrazone groups is 1. The molecule has 0 bridgehead atoms. The molecule has 2 aliphatic rings. The molecule has 1 amide bonds. The molecule has 2 fully saturated rings. The molecule has 13 heteroatoms. The first-order chi connectivity index (χ1) is 22.2. The molecule has 0 aliphatic carbocycles. The topological polar surface area (TPSA) is 119 Å². The Kier molecular flexibility index (Phi) is 10.8. The zero-order valence-electron chi connectivity index (χ0n) is 25.5. The van der Waals surface area contributed by atoms with Crippen LogP contribution in [0.25, 0.3) is 0 Å². The number of hydrogen-bond acceptors (Lipinski definition) is 8. The van der Waals surface area contributed by atoms with Gasteiger partial charge in [-0.15, -0.1) is 0 Å². The highest BCUT2D eigenvalue weighted by molar-refractivity contribution is 6.36. The van der Waals surface area contributed by atoms with Gasteiger partial charge in [0.05, 0.1) is 13.2 Å². The van der Waals surface area contributed by atoms with Crippen molar-refractivity contribution in [3.05, 3.63) is 107 Å². The Hall–Kier alpha value is -4.14. The van der Waals surface area contributed by atoms with Gasteiger partial charge in [-0.3, -0.25) is 4.79 Å². The highest BCUT2D eigenvalue weighted by Gasteiger charge is 2.56. The van der Waals surface area contributed by atoms with Gasteiger partial charge in [0.2, 0.25) is 6.04 Å². The van der Waals surface area contributed by atoms with Crippen LogP contribution in [0.3, 0.4) is 0 Å². The normalized spacial score (nSPS) is 25.7. The molecule has 244 valence electrons. The van der Waals surface area contributed by atoms with Gasteiger partial charge in [-0.1, -0.05) is 60.7 Å². The van der Waals surface area contributed by atoms with E-state index in [1.807, 2.05) is 60.7 Å². The first-order valence-corrected chi connectivity index (χ1v) is 14.6. The molecule has 3 aromatic carbocycles. The fraction of sp³-hybridized carbons (Fsp3) is 0.364. The van der Waals surface area contributed by atoms with Crippen molar-refractivity contribution in [2.24, 2.45) is 10.9 Å². The van der Waals surface area contributed by atoms with Gasteiger partial charge < -0.3 is 34.4 Å². The van der Waals surface area contributed by atoms with Crippen molar-refractivity contribution in [1.82, 2.24) is 4.90 Å². The number of ether oxygens (including phenoxy) is 5. The third-order valence-electron chi connectivity index (χ3n) is 7.85. The molecule has 3 aromatic rings. The molecule has 2 heterocycles. The number of hydrogen-bond donors (Lipinski definition) is 2. The summed E-state index contributed by atoms with van der Waals surface area (Å²) >= 11 is 0. The van der Waals surface area contributed by atoms with Crippen molar-refractivity contribution in [1.29, 1.82) is 0 Å². The van der Waals surface area contributed by atoms with Crippen LogP contribution in [0.1, 0.15) is 23.0 Å². The van der Waals surface area contributed by atoms with Gasteiger partial charge in [0.1, 0.15) is 12.2 Å². The Morgan fingerprint density at radius 2 is 1.72 bits per heavy atom. The second kappa shape index (κ2) is 15.0. The van der Waals surface area contributed by atoms with E-state index in [0.717, 1.165) is 23.3 Å². The summed E-state index contributed by atoms with van der Waals surface area (Å²) in [6.45, 7) is 0.220. The van der Waals surface area contributed by atoms with Crippen molar-refractivity contribution in [2.45, 2.75) is 49.5 Å². The zero-order valence-corrected chi connectivity index (χ0v) is 25.5. The van der Waals surface area contributed by atoms with Crippen LogP contribution >= 0.6 is 0 Å². The van der Waals surface area contributed by atoms with E-state index in [0.29, 0.717) is 0 Å². The van der Waals surface area contributed by atoms with E-state index < -0.39 is 60.3 Å². The van der Waals surface area contributed by atoms with E-state index in [2.05, 4.69) is 10.1 Å². The number of methoxy groups -OCH3 is 1. The summed E-state index contributed by atoms with van der Waals surface area (Å²) < 4.78 is 73.0. The molecule has 0 radical (unpaired) electrons. The van der Waals surface area contributed by atoms with Crippen molar-refractivity contribution in [3.8, 4) is 0 Å². The second-order valence-electron chi connectivity index (χ2n) is 11.1. The minimum Gasteiger partial charge on any atom is -0.372 e. The number of rotatable bonds is 10. The number of benzene rings is 3. The summed E-state index contributed by atoms with van der Waals surface area (Å²) in [7, 11) is 4.68. The van der Waals surface area contributed by atoms with Gasteiger partial charge in [-0.05, 0) is 17.7 Å². The van der Waals surface area contributed by atoms with Crippen LogP contribution in [0.4, 0.5) is 13.2 Å². The third kappa shape index (κ3) is 7.29. The van der Waals surface area contributed by atoms with Crippen LogP contribution in [-0.4, -0.2) is 87.1 Å². The van der Waals surface area contributed by atoms with Gasteiger partial charge in [0.15, 0.2) is 54.0 Å². The maximum absolute atomic E-state index is 14.1. The van der Waals surface area contributed by atoms with E-state index >= 15 is 0 Å². The lowest BCUT2D eigenvalue weighted by Crippen LogP contribution is -2.89. The van der Waals surface area contributed by atoms with Gasteiger partial charge in [0.25, 0.3) is 5.91 Å². The van der Waals surface area contributed by atoms with Crippen LogP contribution in [-0.2, 0) is 35.1 Å². The molecule has 10 nitrogen and oxygen atoms in total. The number of nitrogens with one attached hydrogen (secondary N) is 1. The first-order valence-electron chi connectivity index (χ1n) is 14.6. The molecule has 3 N–H and O–H groups in total. The van der Waals surface area contributed by atoms with Crippen molar-refractivity contribution < 1.29 is 46.6 Å². The highest BCUT2D eigenvalue weighted by atomic mass is 19.2. The Morgan fingerprint density at radius 1 is 1.07 bits per heavy atom. The van der Waals surface area contributed by atoms with E-state index in [-0.39, 0.29) is 30.4 Å². The average Bonchev–Trinajstić information content (AvgIpc) is 3.07. The predicted octanol–water partition coefficient (Wildman–Crippen LogP) is 1.86. The molecule has 6 unspecified atom stereocenters. The molecule has 46 heavy (non-hydrogen) atoms. The molecule has 2 aliphatic heterocycles. The summed E-state index contributed by atoms with van der Waals surface area (Å²) in [6, 6.07) is 19.5. The molecular formula is C33H36F3N4O6+. The Balaban J connectivity index is 1.51. The minimum atomic E-state index is -1.61. The molecule has 2 saturated heterocycles. The Labute approximate surface area is 264 Å². The summed E-state index contributed by atoms with van der Waals surface area (Å²) in [5, 5.41) is 3.66.